The van der Waals surface area contributed by atoms with Gasteiger partial charge < -0.3 is 15.0 Å². The van der Waals surface area contributed by atoms with Crippen molar-refractivity contribution < 1.29 is 27.1 Å². The molecular formula is C26H30ClFN2O5S. The highest BCUT2D eigenvalue weighted by Gasteiger charge is 2.41. The van der Waals surface area contributed by atoms with E-state index in [0.717, 1.165) is 11.7 Å². The maximum atomic E-state index is 15.7. The van der Waals surface area contributed by atoms with Crippen molar-refractivity contribution in [1.29, 1.82) is 0 Å². The molecule has 7 nitrogen and oxygen atoms in total. The average Bonchev–Trinajstić information content (AvgIpc) is 3.04. The molecule has 1 aliphatic heterocycles. The fraction of sp³-hybridized carbons (Fsp3) is 0.385. The summed E-state index contributed by atoms with van der Waals surface area (Å²) in [4.78, 5) is 27.8. The molecule has 1 N–H and O–H groups in total. The number of carbonyl (C=O) groups is 2. The molecule has 1 aliphatic rings. The number of carbonyl (C=O) groups excluding carboxylic acids is 2. The fourth-order valence-corrected chi connectivity index (χ4v) is 4.84. The van der Waals surface area contributed by atoms with Gasteiger partial charge in [0.1, 0.15) is 5.75 Å². The molecule has 194 valence electrons. The van der Waals surface area contributed by atoms with Gasteiger partial charge in [0.2, 0.25) is 0 Å². The van der Waals surface area contributed by atoms with Gasteiger partial charge in [-0.1, -0.05) is 35.9 Å². The average molecular weight is 537 g/mol. The SMILES string of the molecule is COc1ccc(C(=O)N2CCC[C@](F)(C(=O)N[C@H](C)/C=C\S(C)(=O)=O)CC2)c(-c2ccccc2Cl)c1. The van der Waals surface area contributed by atoms with E-state index in [2.05, 4.69) is 5.32 Å². The zero-order chi connectivity index (χ0) is 26.5. The van der Waals surface area contributed by atoms with Crippen LogP contribution in [0.25, 0.3) is 11.1 Å². The molecule has 1 fully saturated rings. The van der Waals surface area contributed by atoms with Crippen LogP contribution in [0.4, 0.5) is 4.39 Å². The van der Waals surface area contributed by atoms with E-state index in [9.17, 15) is 18.0 Å². The van der Waals surface area contributed by atoms with Crippen LogP contribution >= 0.6 is 11.6 Å². The molecule has 2 atom stereocenters. The van der Waals surface area contributed by atoms with Gasteiger partial charge in [-0.05, 0) is 49.6 Å². The number of rotatable bonds is 7. The quantitative estimate of drug-likeness (QED) is 0.565. The summed E-state index contributed by atoms with van der Waals surface area (Å²) in [7, 11) is -1.83. The van der Waals surface area contributed by atoms with Crippen LogP contribution in [0.5, 0.6) is 5.75 Å². The van der Waals surface area contributed by atoms with E-state index in [4.69, 9.17) is 16.3 Å². The third-order valence-electron chi connectivity index (χ3n) is 6.07. The van der Waals surface area contributed by atoms with Gasteiger partial charge in [0.05, 0.1) is 7.11 Å². The summed E-state index contributed by atoms with van der Waals surface area (Å²) in [6, 6.07) is 11.6. The Kier molecular flexibility index (Phi) is 8.79. The number of hydrogen-bond acceptors (Lipinski definition) is 5. The summed E-state index contributed by atoms with van der Waals surface area (Å²) in [5.74, 6) is -0.541. The largest absolute Gasteiger partial charge is 0.497 e. The molecule has 3 rings (SSSR count). The van der Waals surface area contributed by atoms with Crippen LogP contribution in [0.1, 0.15) is 36.5 Å². The molecule has 1 heterocycles. The lowest BCUT2D eigenvalue weighted by molar-refractivity contribution is -0.134. The Morgan fingerprint density at radius 1 is 1.17 bits per heavy atom. The summed E-state index contributed by atoms with van der Waals surface area (Å²) in [6.07, 6.45) is 2.39. The van der Waals surface area contributed by atoms with E-state index in [1.54, 1.807) is 42.2 Å². The predicted octanol–water partition coefficient (Wildman–Crippen LogP) is 4.41. The summed E-state index contributed by atoms with van der Waals surface area (Å²) >= 11 is 6.41. The monoisotopic (exact) mass is 536 g/mol. The van der Waals surface area contributed by atoms with E-state index in [-0.39, 0.29) is 31.8 Å². The third-order valence-corrected chi connectivity index (χ3v) is 7.05. The minimum atomic E-state index is -3.36. The van der Waals surface area contributed by atoms with Crippen molar-refractivity contribution in [2.45, 2.75) is 37.9 Å². The second-order valence-corrected chi connectivity index (χ2v) is 11.3. The van der Waals surface area contributed by atoms with Crippen molar-refractivity contribution in [1.82, 2.24) is 10.2 Å². The highest BCUT2D eigenvalue weighted by Crippen LogP contribution is 2.35. The maximum absolute atomic E-state index is 15.7. The van der Waals surface area contributed by atoms with Crippen molar-refractivity contribution in [2.24, 2.45) is 0 Å². The summed E-state index contributed by atoms with van der Waals surface area (Å²) in [5.41, 5.74) is -0.496. The van der Waals surface area contributed by atoms with Gasteiger partial charge in [-0.25, -0.2) is 12.8 Å². The third kappa shape index (κ3) is 6.85. The molecule has 0 spiro atoms. The Hall–Kier alpha value is -2.91. The molecule has 0 bridgehead atoms. The second kappa shape index (κ2) is 11.4. The molecule has 2 amide bonds. The first kappa shape index (κ1) is 27.7. The standard InChI is InChI=1S/C26H30ClFN2O5S/c1-18(11-16-36(3,33)34)29-25(32)26(28)12-6-14-30(15-13-26)24(31)21-10-9-19(35-2)17-22(21)20-7-4-5-8-23(20)27/h4-5,7-11,16-18H,6,12-15H2,1-3H3,(H,29,32)/b16-11-/t18-,26-/m1/s1. The summed E-state index contributed by atoms with van der Waals surface area (Å²) < 4.78 is 43.6. The zero-order valence-electron chi connectivity index (χ0n) is 20.5. The van der Waals surface area contributed by atoms with Crippen LogP contribution in [0.2, 0.25) is 5.02 Å². The van der Waals surface area contributed by atoms with Crippen molar-refractivity contribution in [3.8, 4) is 16.9 Å². The van der Waals surface area contributed by atoms with E-state index < -0.39 is 27.5 Å². The first-order valence-electron chi connectivity index (χ1n) is 11.5. The number of ether oxygens (including phenoxy) is 1. The molecule has 0 saturated carbocycles. The van der Waals surface area contributed by atoms with Crippen LogP contribution in [-0.2, 0) is 14.6 Å². The van der Waals surface area contributed by atoms with E-state index in [0.29, 0.717) is 33.9 Å². The molecule has 36 heavy (non-hydrogen) atoms. The number of benzene rings is 2. The van der Waals surface area contributed by atoms with E-state index >= 15 is 4.39 Å². The predicted molar refractivity (Wildman–Crippen MR) is 139 cm³/mol. The molecule has 0 aromatic heterocycles. The second-order valence-electron chi connectivity index (χ2n) is 8.92. The molecule has 1 saturated heterocycles. The Morgan fingerprint density at radius 2 is 1.89 bits per heavy atom. The summed E-state index contributed by atoms with van der Waals surface area (Å²) in [5, 5.41) is 3.97. The normalized spacial score (nSPS) is 19.5. The molecule has 10 heteroatoms. The van der Waals surface area contributed by atoms with Gasteiger partial charge in [-0.2, -0.15) is 0 Å². The number of amides is 2. The molecular weight excluding hydrogens is 507 g/mol. The zero-order valence-corrected chi connectivity index (χ0v) is 22.0. The first-order valence-corrected chi connectivity index (χ1v) is 13.9. The van der Waals surface area contributed by atoms with Crippen LogP contribution in [0, 0.1) is 0 Å². The Balaban J connectivity index is 1.79. The van der Waals surface area contributed by atoms with Gasteiger partial charge in [0, 0.05) is 53.4 Å². The molecule has 0 radical (unpaired) electrons. The van der Waals surface area contributed by atoms with Crippen molar-refractivity contribution in [3.05, 3.63) is 64.5 Å². The van der Waals surface area contributed by atoms with E-state index in [1.165, 1.54) is 13.2 Å². The van der Waals surface area contributed by atoms with Crippen LogP contribution in [-0.4, -0.2) is 63.3 Å². The number of alkyl halides is 1. The lowest BCUT2D eigenvalue weighted by Gasteiger charge is -2.25. The minimum Gasteiger partial charge on any atom is -0.497 e. The number of methoxy groups -OCH3 is 1. The highest BCUT2D eigenvalue weighted by molar-refractivity contribution is 7.93. The molecule has 0 unspecified atom stereocenters. The van der Waals surface area contributed by atoms with Crippen LogP contribution in [0.3, 0.4) is 0 Å². The van der Waals surface area contributed by atoms with Crippen molar-refractivity contribution in [2.75, 3.05) is 26.5 Å². The molecule has 2 aromatic rings. The number of halogens is 2. The minimum absolute atomic E-state index is 0.0459. The lowest BCUT2D eigenvalue weighted by atomic mass is 9.95. The molecule has 0 aliphatic carbocycles. The van der Waals surface area contributed by atoms with Gasteiger partial charge in [-0.3, -0.25) is 9.59 Å². The number of nitrogens with one attached hydrogen (secondary N) is 1. The van der Waals surface area contributed by atoms with Crippen LogP contribution < -0.4 is 10.1 Å². The Morgan fingerprint density at radius 3 is 2.56 bits per heavy atom. The Labute approximate surface area is 216 Å². The number of sulfone groups is 1. The maximum Gasteiger partial charge on any atom is 0.258 e. The van der Waals surface area contributed by atoms with Gasteiger partial charge in [0.25, 0.3) is 11.8 Å². The van der Waals surface area contributed by atoms with Crippen molar-refractivity contribution >= 4 is 33.3 Å². The van der Waals surface area contributed by atoms with E-state index in [1.807, 2.05) is 12.1 Å². The Bertz CT molecular complexity index is 1270. The molecule has 2 aromatic carbocycles. The fourth-order valence-electron chi connectivity index (χ4n) is 4.08. The van der Waals surface area contributed by atoms with Crippen LogP contribution in [0.15, 0.2) is 53.9 Å². The van der Waals surface area contributed by atoms with Crippen molar-refractivity contribution in [3.63, 3.8) is 0 Å². The smallest absolute Gasteiger partial charge is 0.258 e. The van der Waals surface area contributed by atoms with Gasteiger partial charge in [-0.15, -0.1) is 0 Å². The number of likely N-dealkylation sites (tertiary alicyclic amines) is 1. The first-order chi connectivity index (χ1) is 16.9. The van der Waals surface area contributed by atoms with Gasteiger partial charge >= 0.3 is 0 Å². The summed E-state index contributed by atoms with van der Waals surface area (Å²) in [6.45, 7) is 1.90. The number of nitrogens with zero attached hydrogens (tertiary/aromatic N) is 1. The van der Waals surface area contributed by atoms with Gasteiger partial charge in [0.15, 0.2) is 15.5 Å². The number of hydrogen-bond donors (Lipinski definition) is 1. The lowest BCUT2D eigenvalue weighted by Crippen LogP contribution is -2.47. The highest BCUT2D eigenvalue weighted by atomic mass is 35.5. The topological polar surface area (TPSA) is 92.8 Å².